The third-order valence-corrected chi connectivity index (χ3v) is 6.08. The minimum Gasteiger partial charge on any atom is -0.424 e. The average Bonchev–Trinajstić information content (AvgIpc) is 3.31. The largest absolute Gasteiger partial charge is 0.424 e. The van der Waals surface area contributed by atoms with Gasteiger partial charge in [-0.2, -0.15) is 4.98 Å². The summed E-state index contributed by atoms with van der Waals surface area (Å²) in [5.41, 5.74) is 1.03. The minimum absolute atomic E-state index is 0.314. The number of hydrogen-bond acceptors (Lipinski definition) is 8. The van der Waals surface area contributed by atoms with Crippen LogP contribution in [0.15, 0.2) is 22.6 Å². The van der Waals surface area contributed by atoms with Gasteiger partial charge < -0.3 is 19.4 Å². The summed E-state index contributed by atoms with van der Waals surface area (Å²) in [6, 6.07) is 6.93. The van der Waals surface area contributed by atoms with E-state index in [9.17, 15) is 0 Å². The summed E-state index contributed by atoms with van der Waals surface area (Å²) in [6.45, 7) is 5.55. The van der Waals surface area contributed by atoms with Crippen molar-refractivity contribution in [3.8, 4) is 11.8 Å². The summed E-state index contributed by atoms with van der Waals surface area (Å²) >= 11 is 6.13. The van der Waals surface area contributed by atoms with Crippen LogP contribution in [0.5, 0.6) is 11.8 Å². The van der Waals surface area contributed by atoms with Gasteiger partial charge in [-0.1, -0.05) is 16.7 Å². The van der Waals surface area contributed by atoms with Crippen molar-refractivity contribution in [2.24, 2.45) is 18.9 Å². The first-order valence-electron chi connectivity index (χ1n) is 10.1. The molecular weight excluding hydrogens is 406 g/mol. The standard InChI is InChI=1S/C20H24ClN7O2/c1-11-6-15(21)8-16(7-11)30-19-23-18(26-27(19)3)22-17-13-4-5-14(17)10-28(9-13)20-25-24-12(2)29-20/h6-8,13-14,17H,4-5,9-10H2,1-3H3,(H,22,26)/t13-,14+,17+. The van der Waals surface area contributed by atoms with Gasteiger partial charge in [0.05, 0.1) is 0 Å². The molecule has 3 heterocycles. The fraction of sp³-hybridized carbons (Fsp3) is 0.500. The Bertz CT molecular complexity index is 1030. The van der Waals surface area contributed by atoms with Gasteiger partial charge >= 0.3 is 12.0 Å². The molecule has 1 saturated carbocycles. The van der Waals surface area contributed by atoms with Gasteiger partial charge in [-0.15, -0.1) is 10.2 Å². The van der Waals surface area contributed by atoms with E-state index in [0.717, 1.165) is 31.5 Å². The Morgan fingerprint density at radius 1 is 1.13 bits per heavy atom. The van der Waals surface area contributed by atoms with E-state index in [0.29, 0.717) is 52.5 Å². The fourth-order valence-electron chi connectivity index (χ4n) is 4.56. The number of piperidine rings is 1. The van der Waals surface area contributed by atoms with Gasteiger partial charge in [0.2, 0.25) is 11.8 Å². The normalized spacial score (nSPS) is 23.1. The Hall–Kier alpha value is -2.81. The van der Waals surface area contributed by atoms with Crippen LogP contribution in [0.4, 0.5) is 12.0 Å². The molecule has 10 heteroatoms. The lowest BCUT2D eigenvalue weighted by Crippen LogP contribution is -2.48. The van der Waals surface area contributed by atoms with E-state index in [4.69, 9.17) is 20.8 Å². The molecule has 30 heavy (non-hydrogen) atoms. The number of halogens is 1. The summed E-state index contributed by atoms with van der Waals surface area (Å²) in [5.74, 6) is 2.76. The summed E-state index contributed by atoms with van der Waals surface area (Å²) in [4.78, 5) is 6.75. The molecule has 3 aromatic rings. The second kappa shape index (κ2) is 7.46. The molecule has 0 unspecified atom stereocenters. The van der Waals surface area contributed by atoms with E-state index in [1.165, 1.54) is 0 Å². The number of nitrogens with one attached hydrogen (secondary N) is 1. The van der Waals surface area contributed by atoms with Crippen LogP contribution in [0.2, 0.25) is 5.02 Å². The zero-order valence-corrected chi connectivity index (χ0v) is 17.9. The first kappa shape index (κ1) is 19.2. The quantitative estimate of drug-likeness (QED) is 0.657. The highest BCUT2D eigenvalue weighted by molar-refractivity contribution is 6.30. The fourth-order valence-corrected chi connectivity index (χ4v) is 4.84. The molecule has 1 saturated heterocycles. The number of aromatic nitrogens is 5. The van der Waals surface area contributed by atoms with Crippen molar-refractivity contribution >= 4 is 23.6 Å². The molecule has 2 aliphatic rings. The lowest BCUT2D eigenvalue weighted by molar-refractivity contribution is 0.357. The molecule has 9 nitrogen and oxygen atoms in total. The number of ether oxygens (including phenoxy) is 1. The number of benzene rings is 1. The van der Waals surface area contributed by atoms with Crippen molar-refractivity contribution in [2.75, 3.05) is 23.3 Å². The van der Waals surface area contributed by atoms with Gasteiger partial charge in [-0.3, -0.25) is 0 Å². The molecule has 1 aliphatic heterocycles. The van der Waals surface area contributed by atoms with Crippen molar-refractivity contribution < 1.29 is 9.15 Å². The highest BCUT2D eigenvalue weighted by Gasteiger charge is 2.43. The van der Waals surface area contributed by atoms with Gasteiger partial charge in [0, 0.05) is 38.1 Å². The summed E-state index contributed by atoms with van der Waals surface area (Å²) in [5, 5.41) is 16.8. The van der Waals surface area contributed by atoms with Crippen LogP contribution in [0.3, 0.4) is 0 Å². The van der Waals surface area contributed by atoms with Crippen LogP contribution >= 0.6 is 11.6 Å². The van der Waals surface area contributed by atoms with E-state index < -0.39 is 0 Å². The molecule has 158 valence electrons. The van der Waals surface area contributed by atoms with Gasteiger partial charge in [-0.05, 0) is 55.4 Å². The maximum absolute atomic E-state index is 6.13. The number of fused-ring (bicyclic) bond motifs is 2. The van der Waals surface area contributed by atoms with Crippen LogP contribution in [0, 0.1) is 25.7 Å². The zero-order chi connectivity index (χ0) is 20.8. The monoisotopic (exact) mass is 429 g/mol. The van der Waals surface area contributed by atoms with Crippen molar-refractivity contribution in [3.63, 3.8) is 0 Å². The summed E-state index contributed by atoms with van der Waals surface area (Å²) < 4.78 is 13.2. The molecule has 2 bridgehead atoms. The highest BCUT2D eigenvalue weighted by atomic mass is 35.5. The van der Waals surface area contributed by atoms with Crippen LogP contribution in [-0.2, 0) is 7.05 Å². The van der Waals surface area contributed by atoms with E-state index >= 15 is 0 Å². The van der Waals surface area contributed by atoms with Gasteiger partial charge in [0.1, 0.15) is 5.75 Å². The predicted molar refractivity (Wildman–Crippen MR) is 112 cm³/mol. The molecule has 3 atom stereocenters. The third kappa shape index (κ3) is 3.69. The maximum atomic E-state index is 6.13. The Kier molecular flexibility index (Phi) is 4.77. The second-order valence-electron chi connectivity index (χ2n) is 8.18. The molecule has 1 N–H and O–H groups in total. The van der Waals surface area contributed by atoms with Gasteiger partial charge in [0.15, 0.2) is 0 Å². The average molecular weight is 430 g/mol. The summed E-state index contributed by atoms with van der Waals surface area (Å²) in [7, 11) is 1.82. The Labute approximate surface area is 179 Å². The van der Waals surface area contributed by atoms with Crippen molar-refractivity contribution in [3.05, 3.63) is 34.7 Å². The topological polar surface area (TPSA) is 94.1 Å². The van der Waals surface area contributed by atoms with Crippen LogP contribution in [-0.4, -0.2) is 44.1 Å². The molecule has 2 aromatic heterocycles. The number of nitrogens with zero attached hydrogens (tertiary/aromatic N) is 6. The smallest absolute Gasteiger partial charge is 0.321 e. The number of anilines is 2. The Morgan fingerprint density at radius 2 is 1.90 bits per heavy atom. The van der Waals surface area contributed by atoms with Crippen LogP contribution in [0.1, 0.15) is 24.3 Å². The van der Waals surface area contributed by atoms with E-state index in [-0.39, 0.29) is 0 Å². The predicted octanol–water partition coefficient (Wildman–Crippen LogP) is 3.59. The molecule has 1 aromatic carbocycles. The molecule has 2 fully saturated rings. The number of hydrogen-bond donors (Lipinski definition) is 1. The van der Waals surface area contributed by atoms with Crippen LogP contribution in [0.25, 0.3) is 0 Å². The lowest BCUT2D eigenvalue weighted by atomic mass is 9.92. The van der Waals surface area contributed by atoms with Crippen molar-refractivity contribution in [1.82, 2.24) is 25.0 Å². The van der Waals surface area contributed by atoms with Crippen molar-refractivity contribution in [2.45, 2.75) is 32.7 Å². The molecule has 1 aliphatic carbocycles. The third-order valence-electron chi connectivity index (χ3n) is 5.86. The van der Waals surface area contributed by atoms with E-state index in [2.05, 4.69) is 30.5 Å². The van der Waals surface area contributed by atoms with Gasteiger partial charge in [-0.25, -0.2) is 4.68 Å². The molecule has 5 rings (SSSR count). The van der Waals surface area contributed by atoms with Crippen LogP contribution < -0.4 is 15.0 Å². The molecule has 0 radical (unpaired) electrons. The molecular formula is C20H24ClN7O2. The Balaban J connectivity index is 1.28. The minimum atomic E-state index is 0.314. The second-order valence-corrected chi connectivity index (χ2v) is 8.62. The number of aryl methyl sites for hydroxylation is 3. The number of rotatable bonds is 5. The first-order chi connectivity index (χ1) is 14.4. The highest BCUT2D eigenvalue weighted by Crippen LogP contribution is 2.39. The summed E-state index contributed by atoms with van der Waals surface area (Å²) in [6.07, 6.45) is 2.31. The lowest BCUT2D eigenvalue weighted by Gasteiger charge is -2.37. The van der Waals surface area contributed by atoms with Gasteiger partial charge in [0.25, 0.3) is 0 Å². The Morgan fingerprint density at radius 3 is 2.57 bits per heavy atom. The molecule has 0 amide bonds. The van der Waals surface area contributed by atoms with E-state index in [1.54, 1.807) is 10.7 Å². The van der Waals surface area contributed by atoms with Crippen molar-refractivity contribution in [1.29, 1.82) is 0 Å². The van der Waals surface area contributed by atoms with E-state index in [1.807, 2.05) is 33.0 Å². The molecule has 0 spiro atoms. The first-order valence-corrected chi connectivity index (χ1v) is 10.5. The maximum Gasteiger partial charge on any atom is 0.321 e. The SMILES string of the molecule is Cc1cc(Cl)cc(Oc2nc(N[C@H]3[C@@H]4CC[C@H]3CN(c3nnc(C)o3)C4)nn2C)c1. The zero-order valence-electron chi connectivity index (χ0n) is 17.2.